The molecule has 0 bridgehead atoms. The molecule has 0 aliphatic carbocycles. The molecule has 3 heteroatoms. The first kappa shape index (κ1) is 9.45. The lowest BCUT2D eigenvalue weighted by Gasteiger charge is -2.03. The summed E-state index contributed by atoms with van der Waals surface area (Å²) in [5.41, 5.74) is 0.489. The monoisotopic (exact) mass is 177 g/mol. The lowest BCUT2D eigenvalue weighted by atomic mass is 10.2. The van der Waals surface area contributed by atoms with E-state index in [0.29, 0.717) is 11.3 Å². The third kappa shape index (κ3) is 2.15. The molecule has 0 unspecified atom stereocenters. The van der Waals surface area contributed by atoms with Crippen LogP contribution in [0.2, 0.25) is 0 Å². The van der Waals surface area contributed by atoms with Crippen LogP contribution in [0.15, 0.2) is 29.3 Å². The summed E-state index contributed by atoms with van der Waals surface area (Å²) in [6.07, 6.45) is 1.47. The van der Waals surface area contributed by atoms with Crippen molar-refractivity contribution in [3.8, 4) is 5.75 Å². The number of amides is 1. The number of methoxy groups -OCH3 is 1. The zero-order chi connectivity index (χ0) is 9.68. The molecule has 0 fully saturated rings. The van der Waals surface area contributed by atoms with E-state index in [1.807, 2.05) is 6.07 Å². The van der Waals surface area contributed by atoms with E-state index in [0.717, 1.165) is 0 Å². The van der Waals surface area contributed by atoms with Gasteiger partial charge in [-0.25, -0.2) is 4.99 Å². The SMILES string of the molecule is CC=NC(=O)c1ccccc1OC. The van der Waals surface area contributed by atoms with Gasteiger partial charge >= 0.3 is 0 Å². The number of hydrogen-bond donors (Lipinski definition) is 0. The molecule has 1 rings (SSSR count). The van der Waals surface area contributed by atoms with Crippen molar-refractivity contribution in [2.24, 2.45) is 4.99 Å². The number of para-hydroxylation sites is 1. The number of rotatable bonds is 2. The third-order valence-electron chi connectivity index (χ3n) is 1.58. The highest BCUT2D eigenvalue weighted by molar-refractivity contribution is 6.00. The Balaban J connectivity index is 3.05. The molecule has 0 spiro atoms. The second kappa shape index (κ2) is 4.40. The molecule has 1 aromatic carbocycles. The van der Waals surface area contributed by atoms with Crippen LogP contribution in [0.1, 0.15) is 17.3 Å². The van der Waals surface area contributed by atoms with Gasteiger partial charge in [-0.05, 0) is 19.1 Å². The lowest BCUT2D eigenvalue weighted by molar-refractivity contribution is 0.100. The molecule has 0 aliphatic heterocycles. The van der Waals surface area contributed by atoms with Crippen LogP contribution >= 0.6 is 0 Å². The van der Waals surface area contributed by atoms with E-state index in [4.69, 9.17) is 4.74 Å². The van der Waals surface area contributed by atoms with Gasteiger partial charge in [0.2, 0.25) is 0 Å². The van der Waals surface area contributed by atoms with Crippen LogP contribution in [0.3, 0.4) is 0 Å². The van der Waals surface area contributed by atoms with E-state index in [-0.39, 0.29) is 5.91 Å². The summed E-state index contributed by atoms with van der Waals surface area (Å²) in [6.45, 7) is 1.70. The fourth-order valence-corrected chi connectivity index (χ4v) is 1.01. The number of carbonyl (C=O) groups excluding carboxylic acids is 1. The van der Waals surface area contributed by atoms with Gasteiger partial charge in [-0.1, -0.05) is 12.1 Å². The van der Waals surface area contributed by atoms with Crippen molar-refractivity contribution in [1.82, 2.24) is 0 Å². The van der Waals surface area contributed by atoms with E-state index >= 15 is 0 Å². The molecule has 3 nitrogen and oxygen atoms in total. The maximum Gasteiger partial charge on any atom is 0.280 e. The summed E-state index contributed by atoms with van der Waals surface area (Å²) >= 11 is 0. The van der Waals surface area contributed by atoms with Crippen LogP contribution in [0.4, 0.5) is 0 Å². The van der Waals surface area contributed by atoms with Crippen LogP contribution in [-0.2, 0) is 0 Å². The molecule has 0 N–H and O–H groups in total. The van der Waals surface area contributed by atoms with Gasteiger partial charge in [0, 0.05) is 6.21 Å². The summed E-state index contributed by atoms with van der Waals surface area (Å²) in [6, 6.07) is 7.01. The van der Waals surface area contributed by atoms with Crippen LogP contribution in [0.5, 0.6) is 5.75 Å². The van der Waals surface area contributed by atoms with E-state index in [2.05, 4.69) is 4.99 Å². The predicted molar refractivity (Wildman–Crippen MR) is 51.5 cm³/mol. The van der Waals surface area contributed by atoms with Crippen LogP contribution in [0, 0.1) is 0 Å². The second-order valence-corrected chi connectivity index (χ2v) is 2.39. The zero-order valence-electron chi connectivity index (χ0n) is 7.65. The fraction of sp³-hybridized carbons (Fsp3) is 0.200. The number of nitrogens with zero attached hydrogens (tertiary/aromatic N) is 1. The Labute approximate surface area is 77.1 Å². The van der Waals surface area contributed by atoms with Crippen LogP contribution in [-0.4, -0.2) is 19.2 Å². The van der Waals surface area contributed by atoms with E-state index in [9.17, 15) is 4.79 Å². The number of carbonyl (C=O) groups is 1. The first-order valence-electron chi connectivity index (χ1n) is 3.95. The Morgan fingerprint density at radius 3 is 2.77 bits per heavy atom. The van der Waals surface area contributed by atoms with Gasteiger partial charge in [-0.15, -0.1) is 0 Å². The van der Waals surface area contributed by atoms with Crippen molar-refractivity contribution in [2.45, 2.75) is 6.92 Å². The van der Waals surface area contributed by atoms with E-state index in [1.54, 1.807) is 25.1 Å². The minimum absolute atomic E-state index is 0.278. The minimum atomic E-state index is -0.278. The number of aliphatic imine (C=N–C) groups is 1. The first-order valence-corrected chi connectivity index (χ1v) is 3.95. The smallest absolute Gasteiger partial charge is 0.280 e. The van der Waals surface area contributed by atoms with Gasteiger partial charge in [0.05, 0.1) is 12.7 Å². The zero-order valence-corrected chi connectivity index (χ0v) is 7.65. The molecule has 1 amide bonds. The Bertz CT molecular complexity index is 331. The summed E-state index contributed by atoms with van der Waals surface area (Å²) in [5.74, 6) is 0.276. The summed E-state index contributed by atoms with van der Waals surface area (Å²) in [5, 5.41) is 0. The van der Waals surface area contributed by atoms with Gasteiger partial charge in [0.1, 0.15) is 5.75 Å². The maximum absolute atomic E-state index is 11.3. The summed E-state index contributed by atoms with van der Waals surface area (Å²) < 4.78 is 5.02. The number of hydrogen-bond acceptors (Lipinski definition) is 2. The molecule has 0 heterocycles. The van der Waals surface area contributed by atoms with Crippen molar-refractivity contribution in [3.63, 3.8) is 0 Å². The Hall–Kier alpha value is -1.64. The van der Waals surface area contributed by atoms with Crippen LogP contribution < -0.4 is 4.74 Å². The van der Waals surface area contributed by atoms with Crippen molar-refractivity contribution in [2.75, 3.05) is 7.11 Å². The van der Waals surface area contributed by atoms with Crippen molar-refractivity contribution >= 4 is 12.1 Å². The number of ether oxygens (including phenoxy) is 1. The predicted octanol–water partition coefficient (Wildman–Crippen LogP) is 1.93. The van der Waals surface area contributed by atoms with Crippen molar-refractivity contribution < 1.29 is 9.53 Å². The molecule has 0 atom stereocenters. The molecule has 13 heavy (non-hydrogen) atoms. The minimum Gasteiger partial charge on any atom is -0.496 e. The standard InChI is InChI=1S/C10H11NO2/c1-3-11-10(12)8-6-4-5-7-9(8)13-2/h3-7H,1-2H3. The van der Waals surface area contributed by atoms with Gasteiger partial charge < -0.3 is 4.74 Å². The van der Waals surface area contributed by atoms with Crippen molar-refractivity contribution in [3.05, 3.63) is 29.8 Å². The maximum atomic E-state index is 11.3. The highest BCUT2D eigenvalue weighted by Crippen LogP contribution is 2.17. The summed E-state index contributed by atoms with van der Waals surface area (Å²) in [7, 11) is 1.53. The lowest BCUT2D eigenvalue weighted by Crippen LogP contribution is -1.98. The Kier molecular flexibility index (Phi) is 3.20. The molecular weight excluding hydrogens is 166 g/mol. The highest BCUT2D eigenvalue weighted by atomic mass is 16.5. The number of benzene rings is 1. The van der Waals surface area contributed by atoms with Crippen LogP contribution in [0.25, 0.3) is 0 Å². The summed E-state index contributed by atoms with van der Waals surface area (Å²) in [4.78, 5) is 15.0. The van der Waals surface area contributed by atoms with E-state index < -0.39 is 0 Å². The van der Waals surface area contributed by atoms with Gasteiger partial charge in [0.25, 0.3) is 5.91 Å². The highest BCUT2D eigenvalue weighted by Gasteiger charge is 2.08. The molecule has 0 saturated carbocycles. The fourth-order valence-electron chi connectivity index (χ4n) is 1.01. The Morgan fingerprint density at radius 1 is 1.46 bits per heavy atom. The topological polar surface area (TPSA) is 38.7 Å². The molecule has 68 valence electrons. The quantitative estimate of drug-likeness (QED) is 0.647. The molecular formula is C10H11NO2. The van der Waals surface area contributed by atoms with Gasteiger partial charge in [-0.3, -0.25) is 4.79 Å². The molecule has 0 aromatic heterocycles. The van der Waals surface area contributed by atoms with Gasteiger partial charge in [-0.2, -0.15) is 0 Å². The normalized spacial score (nSPS) is 10.3. The average molecular weight is 177 g/mol. The molecule has 0 radical (unpaired) electrons. The average Bonchev–Trinajstić information content (AvgIpc) is 2.18. The molecule has 0 saturated heterocycles. The second-order valence-electron chi connectivity index (χ2n) is 2.39. The molecule has 0 aliphatic rings. The first-order chi connectivity index (χ1) is 6.29. The van der Waals surface area contributed by atoms with E-state index in [1.165, 1.54) is 13.3 Å². The van der Waals surface area contributed by atoms with Gasteiger partial charge in [0.15, 0.2) is 0 Å². The molecule has 1 aromatic rings. The van der Waals surface area contributed by atoms with Crippen molar-refractivity contribution in [1.29, 1.82) is 0 Å². The largest absolute Gasteiger partial charge is 0.496 e. The third-order valence-corrected chi connectivity index (χ3v) is 1.58. The Morgan fingerprint density at radius 2 is 2.15 bits per heavy atom.